The Morgan fingerprint density at radius 3 is 0.648 bits per heavy atom. The fraction of sp³-hybridized carbons (Fsp3) is 0.953. The number of unbranched alkanes of at least 4 members (excludes halogenated alkanes) is 58. The Kier molecular flexibility index (Phi) is 77.3. The first-order chi connectivity index (χ1) is 51.0. The van der Waals surface area contributed by atoms with Crippen molar-refractivity contribution in [2.75, 3.05) is 39.6 Å². The molecule has 17 nitrogen and oxygen atoms in total. The predicted octanol–water partition coefficient (Wildman–Crippen LogP) is 26.4. The lowest BCUT2D eigenvalue weighted by Gasteiger charge is -2.21. The summed E-state index contributed by atoms with van der Waals surface area (Å²) in [5.74, 6) is -1.30. The van der Waals surface area contributed by atoms with Gasteiger partial charge in [0.25, 0.3) is 0 Å². The third kappa shape index (κ3) is 79.9. The van der Waals surface area contributed by atoms with Crippen molar-refractivity contribution in [3.8, 4) is 0 Å². The van der Waals surface area contributed by atoms with Crippen LogP contribution in [0.25, 0.3) is 0 Å². The Hall–Kier alpha value is -1.94. The number of phosphoric acid groups is 2. The Morgan fingerprint density at radius 2 is 0.438 bits per heavy atom. The highest BCUT2D eigenvalue weighted by Crippen LogP contribution is 2.45. The van der Waals surface area contributed by atoms with E-state index in [1.54, 1.807) is 0 Å². The van der Waals surface area contributed by atoms with Gasteiger partial charge in [0.15, 0.2) is 12.2 Å². The van der Waals surface area contributed by atoms with Crippen molar-refractivity contribution < 1.29 is 80.2 Å². The van der Waals surface area contributed by atoms with E-state index in [1.165, 1.54) is 276 Å². The molecule has 0 amide bonds. The Labute approximate surface area is 645 Å². The fourth-order valence-electron chi connectivity index (χ4n) is 13.5. The van der Waals surface area contributed by atoms with Crippen molar-refractivity contribution in [3.05, 3.63) is 0 Å². The number of aliphatic hydroxyl groups excluding tert-OH is 1. The van der Waals surface area contributed by atoms with E-state index < -0.39 is 97.5 Å². The molecule has 0 aliphatic carbocycles. The molecule has 105 heavy (non-hydrogen) atoms. The summed E-state index contributed by atoms with van der Waals surface area (Å²) in [6, 6.07) is 0. The number of ether oxygens (including phenoxy) is 4. The standard InChI is InChI=1S/C86H168O17P2/c1-6-9-12-15-18-20-22-24-26-28-30-31-33-35-39-43-47-51-56-61-66-72-86(91)103-82(76-97-84(89)70-65-60-55-50-46-42-38-34-32-29-27-25-23-21-19-16-13-10-7-2)78-101-105(94,95)99-74-80(87)73-98-104(92,93)100-77-81(75-96-83(88)69-64-59-53-17-14-11-8-3)102-85(90)71-67-62-57-52-48-44-40-36-37-41-45-49-54-58-63-68-79(4)5/h79-82,87H,6-78H2,1-5H3,(H,92,93)(H,94,95)/t80-,81+,82+/m0/s1. The molecule has 0 spiro atoms. The maximum Gasteiger partial charge on any atom is 0.472 e. The van der Waals surface area contributed by atoms with Gasteiger partial charge in [0, 0.05) is 25.7 Å². The minimum absolute atomic E-state index is 0.108. The third-order valence-corrected chi connectivity index (χ3v) is 22.2. The molecule has 0 saturated carbocycles. The summed E-state index contributed by atoms with van der Waals surface area (Å²) >= 11 is 0. The monoisotopic (exact) mass is 1540 g/mol. The number of rotatable bonds is 86. The molecule has 0 bridgehead atoms. The molecule has 0 saturated heterocycles. The quantitative estimate of drug-likeness (QED) is 0.0222. The maximum atomic E-state index is 13.1. The number of hydrogen-bond donors (Lipinski definition) is 3. The first kappa shape index (κ1) is 103. The second-order valence-corrected chi connectivity index (χ2v) is 34.3. The lowest BCUT2D eigenvalue weighted by Crippen LogP contribution is -2.30. The normalized spacial score (nSPS) is 13.8. The van der Waals surface area contributed by atoms with Gasteiger partial charge in [0.1, 0.15) is 19.3 Å². The highest BCUT2D eigenvalue weighted by atomic mass is 31.2. The van der Waals surface area contributed by atoms with E-state index in [9.17, 15) is 43.2 Å². The molecule has 0 aliphatic rings. The Morgan fingerprint density at radius 1 is 0.257 bits per heavy atom. The van der Waals surface area contributed by atoms with Gasteiger partial charge in [-0.15, -0.1) is 0 Å². The lowest BCUT2D eigenvalue weighted by atomic mass is 10.0. The molecule has 0 aliphatic heterocycles. The SMILES string of the molecule is CCCCCCCCCCCCCCCCCCCCCCCC(=O)O[C@H](COC(=O)CCCCCCCCCCCCCCCCCCCCC)COP(=O)(O)OC[C@@H](O)COP(=O)(O)OC[C@@H](COC(=O)CCCCCCCCC)OC(=O)CCCCCCCCCCCCCCCCCC(C)C. The van der Waals surface area contributed by atoms with Crippen LogP contribution >= 0.6 is 15.6 Å². The molecular formula is C86H168O17P2. The second-order valence-electron chi connectivity index (χ2n) is 31.4. The first-order valence-corrected chi connectivity index (χ1v) is 47.6. The van der Waals surface area contributed by atoms with Gasteiger partial charge in [-0.05, 0) is 31.6 Å². The van der Waals surface area contributed by atoms with Crippen LogP contribution in [0.4, 0.5) is 0 Å². The molecule has 0 aromatic heterocycles. The number of esters is 4. The molecule has 0 aromatic carbocycles. The number of phosphoric ester groups is 2. The molecule has 2 unspecified atom stereocenters. The molecule has 5 atom stereocenters. The zero-order valence-electron chi connectivity index (χ0n) is 68.9. The summed E-state index contributed by atoms with van der Waals surface area (Å²) in [5, 5.41) is 10.7. The predicted molar refractivity (Wildman–Crippen MR) is 432 cm³/mol. The molecule has 0 rings (SSSR count). The van der Waals surface area contributed by atoms with Crippen LogP contribution in [-0.4, -0.2) is 96.7 Å². The number of aliphatic hydroxyl groups is 1. The van der Waals surface area contributed by atoms with E-state index in [1.807, 2.05) is 0 Å². The van der Waals surface area contributed by atoms with Crippen molar-refractivity contribution >= 4 is 39.5 Å². The number of hydrogen-bond acceptors (Lipinski definition) is 15. The lowest BCUT2D eigenvalue weighted by molar-refractivity contribution is -0.161. The van der Waals surface area contributed by atoms with Crippen LogP contribution < -0.4 is 0 Å². The molecule has 0 radical (unpaired) electrons. The van der Waals surface area contributed by atoms with Crippen molar-refractivity contribution in [2.45, 2.75) is 483 Å². The van der Waals surface area contributed by atoms with Crippen LogP contribution in [-0.2, 0) is 65.4 Å². The van der Waals surface area contributed by atoms with Gasteiger partial charge in [0.2, 0.25) is 0 Å². The van der Waals surface area contributed by atoms with Crippen LogP contribution in [0.15, 0.2) is 0 Å². The fourth-order valence-corrected chi connectivity index (χ4v) is 15.1. The van der Waals surface area contributed by atoms with E-state index in [4.69, 9.17) is 37.0 Å². The minimum Gasteiger partial charge on any atom is -0.462 e. The average molecular weight is 1540 g/mol. The zero-order valence-corrected chi connectivity index (χ0v) is 70.7. The molecule has 0 fully saturated rings. The highest BCUT2D eigenvalue weighted by molar-refractivity contribution is 7.47. The summed E-state index contributed by atoms with van der Waals surface area (Å²) in [5.41, 5.74) is 0. The van der Waals surface area contributed by atoms with Gasteiger partial charge in [-0.1, -0.05) is 413 Å². The van der Waals surface area contributed by atoms with Gasteiger partial charge in [-0.25, -0.2) is 9.13 Å². The second kappa shape index (κ2) is 78.7. The van der Waals surface area contributed by atoms with E-state index in [-0.39, 0.29) is 25.7 Å². The van der Waals surface area contributed by atoms with Gasteiger partial charge in [-0.3, -0.25) is 37.3 Å². The molecular weight excluding hydrogens is 1370 g/mol. The van der Waals surface area contributed by atoms with Crippen molar-refractivity contribution in [1.29, 1.82) is 0 Å². The smallest absolute Gasteiger partial charge is 0.462 e. The third-order valence-electron chi connectivity index (χ3n) is 20.3. The van der Waals surface area contributed by atoms with Gasteiger partial charge < -0.3 is 33.8 Å². The molecule has 624 valence electrons. The number of carbonyl (C=O) groups is 4. The molecule has 3 N–H and O–H groups in total. The zero-order chi connectivity index (χ0) is 76.9. The van der Waals surface area contributed by atoms with Crippen LogP contribution in [0.1, 0.15) is 465 Å². The maximum absolute atomic E-state index is 13.1. The number of carbonyl (C=O) groups excluding carboxylic acids is 4. The van der Waals surface area contributed by atoms with Crippen LogP contribution in [0.3, 0.4) is 0 Å². The van der Waals surface area contributed by atoms with Crippen LogP contribution in [0.5, 0.6) is 0 Å². The van der Waals surface area contributed by atoms with Crippen LogP contribution in [0.2, 0.25) is 0 Å². The van der Waals surface area contributed by atoms with E-state index in [0.717, 1.165) is 109 Å². The van der Waals surface area contributed by atoms with E-state index in [0.29, 0.717) is 25.7 Å². The van der Waals surface area contributed by atoms with E-state index in [2.05, 4.69) is 34.6 Å². The van der Waals surface area contributed by atoms with Gasteiger partial charge >= 0.3 is 39.5 Å². The highest BCUT2D eigenvalue weighted by Gasteiger charge is 2.30. The van der Waals surface area contributed by atoms with Crippen LogP contribution in [0, 0.1) is 5.92 Å². The molecule has 0 heterocycles. The average Bonchev–Trinajstić information content (AvgIpc) is 0.914. The summed E-state index contributed by atoms with van der Waals surface area (Å²) in [6.07, 6.45) is 72.5. The van der Waals surface area contributed by atoms with E-state index >= 15 is 0 Å². The summed E-state index contributed by atoms with van der Waals surface area (Å²) in [7, 11) is -9.92. The molecule has 19 heteroatoms. The van der Waals surface area contributed by atoms with Crippen molar-refractivity contribution in [1.82, 2.24) is 0 Å². The Balaban J connectivity index is 5.15. The first-order valence-electron chi connectivity index (χ1n) is 44.6. The summed E-state index contributed by atoms with van der Waals surface area (Å²) < 4.78 is 68.8. The van der Waals surface area contributed by atoms with Gasteiger partial charge in [-0.2, -0.15) is 0 Å². The molecule has 0 aromatic rings. The topological polar surface area (TPSA) is 237 Å². The summed E-state index contributed by atoms with van der Waals surface area (Å²) in [6.45, 7) is 7.34. The minimum atomic E-state index is -4.96. The van der Waals surface area contributed by atoms with Crippen molar-refractivity contribution in [2.24, 2.45) is 5.92 Å². The Bertz CT molecular complexity index is 2000. The summed E-state index contributed by atoms with van der Waals surface area (Å²) in [4.78, 5) is 73.1. The van der Waals surface area contributed by atoms with Crippen molar-refractivity contribution in [3.63, 3.8) is 0 Å². The largest absolute Gasteiger partial charge is 0.472 e. The van der Waals surface area contributed by atoms with Gasteiger partial charge in [0.05, 0.1) is 26.4 Å².